The van der Waals surface area contributed by atoms with Gasteiger partial charge in [0.25, 0.3) is 5.91 Å². The predicted molar refractivity (Wildman–Crippen MR) is 106 cm³/mol. The Kier molecular flexibility index (Phi) is 5.58. The first-order chi connectivity index (χ1) is 13.4. The quantitative estimate of drug-likeness (QED) is 0.500. The summed E-state index contributed by atoms with van der Waals surface area (Å²) < 4.78 is 6.80. The van der Waals surface area contributed by atoms with Gasteiger partial charge in [-0.15, -0.1) is 10.2 Å². The van der Waals surface area contributed by atoms with E-state index in [2.05, 4.69) is 15.5 Å². The first kappa shape index (κ1) is 19.3. The first-order valence-electron chi connectivity index (χ1n) is 9.09. The minimum absolute atomic E-state index is 0.119. The predicted octanol–water partition coefficient (Wildman–Crippen LogP) is 2.30. The number of nitrogens with one attached hydrogen (secondary N) is 1. The second-order valence-corrected chi connectivity index (χ2v) is 6.71. The van der Waals surface area contributed by atoms with Crippen LogP contribution in [0.4, 0.5) is 5.69 Å². The number of nitrogens with zero attached hydrogens (tertiary/aromatic N) is 3. The van der Waals surface area contributed by atoms with E-state index in [1.54, 1.807) is 41.8 Å². The molecule has 1 atom stereocenters. The minimum atomic E-state index is -0.743. The van der Waals surface area contributed by atoms with Gasteiger partial charge in [-0.2, -0.15) is 0 Å². The SMILES string of the molecule is CCOC(=O)[C@@H](NC(=O)c1cccn2c(-c3ccc(N)cc3)nnc12)C(C)C. The summed E-state index contributed by atoms with van der Waals surface area (Å²) in [5.41, 5.74) is 7.94. The number of amides is 1. The molecule has 3 N–H and O–H groups in total. The number of carbonyl (C=O) groups excluding carboxylic acids is 2. The lowest BCUT2D eigenvalue weighted by Crippen LogP contribution is -2.45. The maximum absolute atomic E-state index is 12.9. The molecule has 3 rings (SSSR count). The highest BCUT2D eigenvalue weighted by molar-refractivity contribution is 6.01. The molecule has 0 saturated carbocycles. The molecular weight excluding hydrogens is 358 g/mol. The Balaban J connectivity index is 1.94. The Morgan fingerprint density at radius 3 is 2.54 bits per heavy atom. The van der Waals surface area contributed by atoms with Gasteiger partial charge in [0.2, 0.25) is 0 Å². The Hall–Kier alpha value is -3.42. The number of esters is 1. The summed E-state index contributed by atoms with van der Waals surface area (Å²) in [6, 6.07) is 9.88. The third-order valence-electron chi connectivity index (χ3n) is 4.34. The molecule has 0 radical (unpaired) electrons. The summed E-state index contributed by atoms with van der Waals surface area (Å²) in [5.74, 6) is -0.392. The number of rotatable bonds is 6. The number of nitrogens with two attached hydrogens (primary N) is 1. The van der Waals surface area contributed by atoms with Crippen LogP contribution in [0.2, 0.25) is 0 Å². The van der Waals surface area contributed by atoms with Gasteiger partial charge in [-0.05, 0) is 49.2 Å². The monoisotopic (exact) mass is 381 g/mol. The molecule has 28 heavy (non-hydrogen) atoms. The second-order valence-electron chi connectivity index (χ2n) is 6.71. The summed E-state index contributed by atoms with van der Waals surface area (Å²) >= 11 is 0. The van der Waals surface area contributed by atoms with Gasteiger partial charge in [0.05, 0.1) is 12.2 Å². The van der Waals surface area contributed by atoms with Crippen LogP contribution in [0.5, 0.6) is 0 Å². The van der Waals surface area contributed by atoms with E-state index in [1.165, 1.54) is 0 Å². The van der Waals surface area contributed by atoms with Gasteiger partial charge < -0.3 is 15.8 Å². The standard InChI is InChI=1S/C20H23N5O3/c1-4-28-20(27)16(12(2)3)22-19(26)15-6-5-11-25-17(23-24-18(15)25)13-7-9-14(21)10-8-13/h5-12,16H,4,21H2,1-3H3,(H,22,26)/t16-/m0/s1. The maximum Gasteiger partial charge on any atom is 0.328 e. The zero-order valence-electron chi connectivity index (χ0n) is 16.0. The molecule has 0 aliphatic rings. The van der Waals surface area contributed by atoms with E-state index in [1.807, 2.05) is 26.0 Å². The van der Waals surface area contributed by atoms with E-state index < -0.39 is 17.9 Å². The summed E-state index contributed by atoms with van der Waals surface area (Å²) in [7, 11) is 0. The van der Waals surface area contributed by atoms with E-state index in [4.69, 9.17) is 10.5 Å². The lowest BCUT2D eigenvalue weighted by Gasteiger charge is -2.20. The molecule has 1 amide bonds. The maximum atomic E-state index is 12.9. The van der Waals surface area contributed by atoms with Crippen LogP contribution in [0.15, 0.2) is 42.6 Å². The van der Waals surface area contributed by atoms with Gasteiger partial charge in [0.15, 0.2) is 11.5 Å². The number of anilines is 1. The van der Waals surface area contributed by atoms with Crippen molar-refractivity contribution in [3.8, 4) is 11.4 Å². The van der Waals surface area contributed by atoms with Crippen LogP contribution in [0, 0.1) is 5.92 Å². The average Bonchev–Trinajstić information content (AvgIpc) is 3.10. The third-order valence-corrected chi connectivity index (χ3v) is 4.34. The Bertz CT molecular complexity index is 995. The Morgan fingerprint density at radius 2 is 1.89 bits per heavy atom. The average molecular weight is 381 g/mol. The molecule has 0 spiro atoms. The van der Waals surface area contributed by atoms with Crippen LogP contribution in [0.1, 0.15) is 31.1 Å². The fraction of sp³-hybridized carbons (Fsp3) is 0.300. The van der Waals surface area contributed by atoms with Crippen molar-refractivity contribution in [2.75, 3.05) is 12.3 Å². The fourth-order valence-electron chi connectivity index (χ4n) is 2.87. The van der Waals surface area contributed by atoms with Crippen LogP contribution in [0.3, 0.4) is 0 Å². The number of carbonyl (C=O) groups is 2. The summed E-state index contributed by atoms with van der Waals surface area (Å²) in [6.07, 6.45) is 1.78. The molecule has 0 aliphatic heterocycles. The van der Waals surface area contributed by atoms with Crippen molar-refractivity contribution < 1.29 is 14.3 Å². The largest absolute Gasteiger partial charge is 0.464 e. The highest BCUT2D eigenvalue weighted by atomic mass is 16.5. The van der Waals surface area contributed by atoms with Crippen LogP contribution in [-0.2, 0) is 9.53 Å². The summed E-state index contributed by atoms with van der Waals surface area (Å²) in [5, 5.41) is 11.1. The van der Waals surface area contributed by atoms with E-state index in [9.17, 15) is 9.59 Å². The molecule has 0 bridgehead atoms. The summed E-state index contributed by atoms with van der Waals surface area (Å²) in [4.78, 5) is 25.0. The van der Waals surface area contributed by atoms with Crippen molar-refractivity contribution >= 4 is 23.2 Å². The zero-order chi connectivity index (χ0) is 20.3. The number of ether oxygens (including phenoxy) is 1. The number of nitrogen functional groups attached to an aromatic ring is 1. The number of hydrogen-bond acceptors (Lipinski definition) is 6. The van der Waals surface area contributed by atoms with Crippen molar-refractivity contribution in [3.63, 3.8) is 0 Å². The molecule has 146 valence electrons. The molecule has 0 unspecified atom stereocenters. The van der Waals surface area contributed by atoms with Crippen molar-refractivity contribution in [3.05, 3.63) is 48.2 Å². The molecule has 2 heterocycles. The molecule has 0 aliphatic carbocycles. The molecule has 2 aromatic heterocycles. The van der Waals surface area contributed by atoms with Crippen LogP contribution in [0.25, 0.3) is 17.0 Å². The smallest absolute Gasteiger partial charge is 0.328 e. The fourth-order valence-corrected chi connectivity index (χ4v) is 2.87. The van der Waals surface area contributed by atoms with Gasteiger partial charge >= 0.3 is 5.97 Å². The van der Waals surface area contributed by atoms with Crippen molar-refractivity contribution in [1.82, 2.24) is 19.9 Å². The molecule has 3 aromatic rings. The Morgan fingerprint density at radius 1 is 1.18 bits per heavy atom. The molecule has 1 aromatic carbocycles. The van der Waals surface area contributed by atoms with Gasteiger partial charge in [-0.3, -0.25) is 9.20 Å². The van der Waals surface area contributed by atoms with Crippen molar-refractivity contribution in [1.29, 1.82) is 0 Å². The lowest BCUT2D eigenvalue weighted by molar-refractivity contribution is -0.146. The molecular formula is C20H23N5O3. The normalized spacial score (nSPS) is 12.1. The zero-order valence-corrected chi connectivity index (χ0v) is 16.0. The van der Waals surface area contributed by atoms with Gasteiger partial charge in [0.1, 0.15) is 6.04 Å². The first-order valence-corrected chi connectivity index (χ1v) is 9.09. The van der Waals surface area contributed by atoms with Crippen molar-refractivity contribution in [2.45, 2.75) is 26.8 Å². The van der Waals surface area contributed by atoms with E-state index >= 15 is 0 Å². The van der Waals surface area contributed by atoms with Crippen LogP contribution < -0.4 is 11.1 Å². The van der Waals surface area contributed by atoms with E-state index in [0.717, 1.165) is 5.56 Å². The van der Waals surface area contributed by atoms with Gasteiger partial charge in [-0.1, -0.05) is 13.8 Å². The number of aromatic nitrogens is 3. The Labute approximate surface area is 162 Å². The summed E-state index contributed by atoms with van der Waals surface area (Å²) in [6.45, 7) is 5.67. The lowest BCUT2D eigenvalue weighted by atomic mass is 10.0. The van der Waals surface area contributed by atoms with Crippen LogP contribution in [-0.4, -0.2) is 39.1 Å². The molecule has 0 saturated heterocycles. The number of hydrogen-bond donors (Lipinski definition) is 2. The minimum Gasteiger partial charge on any atom is -0.464 e. The van der Waals surface area contributed by atoms with Gasteiger partial charge in [-0.25, -0.2) is 4.79 Å². The van der Waals surface area contributed by atoms with E-state index in [-0.39, 0.29) is 12.5 Å². The number of fused-ring (bicyclic) bond motifs is 1. The topological polar surface area (TPSA) is 112 Å². The van der Waals surface area contributed by atoms with E-state index in [0.29, 0.717) is 22.7 Å². The molecule has 8 nitrogen and oxygen atoms in total. The molecule has 0 fully saturated rings. The van der Waals surface area contributed by atoms with Gasteiger partial charge in [0, 0.05) is 17.4 Å². The number of benzene rings is 1. The highest BCUT2D eigenvalue weighted by Crippen LogP contribution is 2.21. The molecule has 8 heteroatoms. The highest BCUT2D eigenvalue weighted by Gasteiger charge is 2.27. The third kappa shape index (κ3) is 3.80. The van der Waals surface area contributed by atoms with Crippen molar-refractivity contribution in [2.24, 2.45) is 5.92 Å². The van der Waals surface area contributed by atoms with Crippen LogP contribution >= 0.6 is 0 Å². The number of pyridine rings is 1. The second kappa shape index (κ2) is 8.08.